The summed E-state index contributed by atoms with van der Waals surface area (Å²) in [4.78, 5) is 45.9. The summed E-state index contributed by atoms with van der Waals surface area (Å²) in [5.41, 5.74) is 2.49. The highest BCUT2D eigenvalue weighted by Crippen LogP contribution is 2.29. The van der Waals surface area contributed by atoms with Crippen molar-refractivity contribution in [1.29, 1.82) is 0 Å². The maximum absolute atomic E-state index is 14.1. The number of nitrogens with one attached hydrogen (secondary N) is 1. The molecular formula is C29H32N6O4. The van der Waals surface area contributed by atoms with Crippen LogP contribution in [0.2, 0.25) is 0 Å². The first-order chi connectivity index (χ1) is 18.9. The predicted molar refractivity (Wildman–Crippen MR) is 147 cm³/mol. The molecule has 2 heterocycles. The van der Waals surface area contributed by atoms with Gasteiger partial charge in [0.25, 0.3) is 0 Å². The minimum atomic E-state index is -1.05. The minimum Gasteiger partial charge on any atom is -0.462 e. The summed E-state index contributed by atoms with van der Waals surface area (Å²) in [6.07, 6.45) is 3.95. The number of nitrogens with zero attached hydrogens (tertiary/aromatic N) is 5. The number of hydrogen-bond acceptors (Lipinski definition) is 7. The van der Waals surface area contributed by atoms with Gasteiger partial charge in [0.2, 0.25) is 11.8 Å². The van der Waals surface area contributed by atoms with Crippen molar-refractivity contribution >= 4 is 34.5 Å². The molecule has 10 nitrogen and oxygen atoms in total. The molecule has 1 N–H and O–H groups in total. The third kappa shape index (κ3) is 6.64. The van der Waals surface area contributed by atoms with E-state index in [0.717, 1.165) is 6.42 Å². The maximum atomic E-state index is 14.1. The fourth-order valence-electron chi connectivity index (χ4n) is 4.21. The number of esters is 1. The number of benzene rings is 2. The van der Waals surface area contributed by atoms with Crippen molar-refractivity contribution in [3.8, 4) is 0 Å². The average molecular weight is 529 g/mol. The number of para-hydroxylation sites is 1. The number of carbonyl (C=O) groups is 3. The van der Waals surface area contributed by atoms with Gasteiger partial charge in [-0.1, -0.05) is 43.3 Å². The zero-order valence-electron chi connectivity index (χ0n) is 22.3. The lowest BCUT2D eigenvalue weighted by atomic mass is 10.0. The average Bonchev–Trinajstić information content (AvgIpc) is 3.34. The zero-order chi connectivity index (χ0) is 27.8. The Labute approximate surface area is 227 Å². The second-order valence-electron chi connectivity index (χ2n) is 9.43. The Bertz CT molecular complexity index is 1440. The van der Waals surface area contributed by atoms with E-state index in [1.165, 1.54) is 9.58 Å². The van der Waals surface area contributed by atoms with Gasteiger partial charge in [-0.15, -0.1) is 5.10 Å². The van der Waals surface area contributed by atoms with Crippen molar-refractivity contribution in [2.24, 2.45) is 5.92 Å². The van der Waals surface area contributed by atoms with Gasteiger partial charge in [0.05, 0.1) is 17.7 Å². The van der Waals surface area contributed by atoms with Crippen LogP contribution in [0.1, 0.15) is 49.2 Å². The molecular weight excluding hydrogens is 496 g/mol. The van der Waals surface area contributed by atoms with Crippen molar-refractivity contribution in [2.75, 3.05) is 18.1 Å². The first kappa shape index (κ1) is 27.4. The van der Waals surface area contributed by atoms with Crippen LogP contribution >= 0.6 is 0 Å². The van der Waals surface area contributed by atoms with Crippen LogP contribution in [-0.4, -0.2) is 50.9 Å². The van der Waals surface area contributed by atoms with Gasteiger partial charge >= 0.3 is 5.97 Å². The first-order valence-electron chi connectivity index (χ1n) is 12.9. The number of fused-ring (bicyclic) bond motifs is 1. The van der Waals surface area contributed by atoms with E-state index in [2.05, 4.69) is 34.5 Å². The van der Waals surface area contributed by atoms with E-state index in [9.17, 15) is 14.4 Å². The smallest absolute Gasteiger partial charge is 0.338 e. The lowest BCUT2D eigenvalue weighted by Crippen LogP contribution is -2.45. The van der Waals surface area contributed by atoms with Gasteiger partial charge in [-0.05, 0) is 55.7 Å². The Morgan fingerprint density at radius 3 is 2.62 bits per heavy atom. The molecule has 2 amide bonds. The number of amides is 2. The number of rotatable bonds is 11. The Morgan fingerprint density at radius 1 is 1.05 bits per heavy atom. The van der Waals surface area contributed by atoms with E-state index in [0.29, 0.717) is 34.7 Å². The molecule has 0 unspecified atom stereocenters. The second kappa shape index (κ2) is 12.8. The molecule has 0 bridgehead atoms. The van der Waals surface area contributed by atoms with Gasteiger partial charge in [-0.25, -0.2) is 9.48 Å². The van der Waals surface area contributed by atoms with Crippen LogP contribution in [-0.2, 0) is 20.9 Å². The summed E-state index contributed by atoms with van der Waals surface area (Å²) in [6.45, 7) is 6.35. The summed E-state index contributed by atoms with van der Waals surface area (Å²) in [5.74, 6) is -0.906. The van der Waals surface area contributed by atoms with Gasteiger partial charge in [0.1, 0.15) is 18.1 Å². The van der Waals surface area contributed by atoms with Crippen LogP contribution in [0.5, 0.6) is 0 Å². The van der Waals surface area contributed by atoms with Crippen molar-refractivity contribution in [3.63, 3.8) is 0 Å². The molecule has 39 heavy (non-hydrogen) atoms. The van der Waals surface area contributed by atoms with Crippen molar-refractivity contribution < 1.29 is 19.1 Å². The number of pyridine rings is 1. The standard InChI is InChI=1S/C29H32N6O4/c1-4-39-29(38)21-9-7-11-23(17-21)35(26(36)19-34-25-13-6-5-12-24(25)32-33-34)27(22-10-8-15-30-18-22)28(37)31-16-14-20(2)3/h5-13,15,17-18,20,27H,4,14,16,19H2,1-3H3,(H,31,37)/t27-/m1/s1. The molecule has 1 atom stereocenters. The molecule has 0 aliphatic rings. The molecule has 4 aromatic rings. The minimum absolute atomic E-state index is 0.180. The van der Waals surface area contributed by atoms with Crippen LogP contribution in [0.4, 0.5) is 5.69 Å². The highest BCUT2D eigenvalue weighted by Gasteiger charge is 2.34. The van der Waals surface area contributed by atoms with Crippen LogP contribution in [0.25, 0.3) is 11.0 Å². The van der Waals surface area contributed by atoms with Crippen molar-refractivity contribution in [2.45, 2.75) is 39.8 Å². The van der Waals surface area contributed by atoms with Crippen LogP contribution in [0.15, 0.2) is 73.1 Å². The number of anilines is 1. The molecule has 0 saturated carbocycles. The number of hydrogen-bond donors (Lipinski definition) is 1. The van der Waals surface area contributed by atoms with E-state index in [-0.39, 0.29) is 24.6 Å². The van der Waals surface area contributed by atoms with E-state index in [1.54, 1.807) is 55.7 Å². The molecule has 0 saturated heterocycles. The number of aromatic nitrogens is 4. The van der Waals surface area contributed by atoms with E-state index in [4.69, 9.17) is 4.74 Å². The van der Waals surface area contributed by atoms with Crippen LogP contribution < -0.4 is 10.2 Å². The van der Waals surface area contributed by atoms with Gasteiger partial charge in [0.15, 0.2) is 0 Å². The number of carbonyl (C=O) groups excluding carboxylic acids is 3. The highest BCUT2D eigenvalue weighted by molar-refractivity contribution is 6.02. The molecule has 4 rings (SSSR count). The quantitative estimate of drug-likeness (QED) is 0.293. The van der Waals surface area contributed by atoms with E-state index in [1.807, 2.05) is 24.3 Å². The van der Waals surface area contributed by atoms with Crippen LogP contribution in [0, 0.1) is 5.92 Å². The largest absolute Gasteiger partial charge is 0.462 e. The normalized spacial score (nSPS) is 11.8. The number of ether oxygens (including phenoxy) is 1. The van der Waals surface area contributed by atoms with Gasteiger partial charge < -0.3 is 10.1 Å². The third-order valence-electron chi connectivity index (χ3n) is 6.14. The summed E-state index contributed by atoms with van der Waals surface area (Å²) >= 11 is 0. The summed E-state index contributed by atoms with van der Waals surface area (Å²) in [5, 5.41) is 11.3. The molecule has 0 aliphatic heterocycles. The Hall–Kier alpha value is -4.60. The van der Waals surface area contributed by atoms with Gasteiger partial charge in [-0.2, -0.15) is 0 Å². The highest BCUT2D eigenvalue weighted by atomic mass is 16.5. The monoisotopic (exact) mass is 528 g/mol. The molecule has 2 aromatic heterocycles. The topological polar surface area (TPSA) is 119 Å². The molecule has 0 spiro atoms. The zero-order valence-corrected chi connectivity index (χ0v) is 22.3. The van der Waals surface area contributed by atoms with Crippen molar-refractivity contribution in [3.05, 3.63) is 84.2 Å². The molecule has 202 valence electrons. The predicted octanol–water partition coefficient (Wildman–Crippen LogP) is 3.94. The fourth-order valence-corrected chi connectivity index (χ4v) is 4.21. The van der Waals surface area contributed by atoms with E-state index >= 15 is 0 Å². The Kier molecular flexibility index (Phi) is 8.98. The second-order valence-corrected chi connectivity index (χ2v) is 9.43. The molecule has 0 fully saturated rings. The van der Waals surface area contributed by atoms with Gasteiger partial charge in [-0.3, -0.25) is 19.5 Å². The third-order valence-corrected chi connectivity index (χ3v) is 6.14. The van der Waals surface area contributed by atoms with Crippen molar-refractivity contribution in [1.82, 2.24) is 25.3 Å². The molecule has 0 aliphatic carbocycles. The lowest BCUT2D eigenvalue weighted by Gasteiger charge is -2.31. The van der Waals surface area contributed by atoms with Crippen LogP contribution in [0.3, 0.4) is 0 Å². The Morgan fingerprint density at radius 2 is 1.87 bits per heavy atom. The fraction of sp³-hybridized carbons (Fsp3) is 0.310. The maximum Gasteiger partial charge on any atom is 0.338 e. The molecule has 0 radical (unpaired) electrons. The van der Waals surface area contributed by atoms with Gasteiger partial charge in [0, 0.05) is 30.2 Å². The summed E-state index contributed by atoms with van der Waals surface area (Å²) < 4.78 is 6.67. The van der Waals surface area contributed by atoms with E-state index < -0.39 is 17.9 Å². The molecule has 2 aromatic carbocycles. The SMILES string of the molecule is CCOC(=O)c1cccc(N(C(=O)Cn2nnc3ccccc32)[C@@H](C(=O)NCCC(C)C)c2cccnc2)c1. The summed E-state index contributed by atoms with van der Waals surface area (Å²) in [7, 11) is 0. The summed E-state index contributed by atoms with van der Waals surface area (Å²) in [6, 6.07) is 16.2. The molecule has 10 heteroatoms. The Balaban J connectivity index is 1.79. The first-order valence-corrected chi connectivity index (χ1v) is 12.9. The lowest BCUT2D eigenvalue weighted by molar-refractivity contribution is -0.127.